The maximum Gasteiger partial charge on any atom is 0.243 e. The predicted molar refractivity (Wildman–Crippen MR) is 82.1 cm³/mol. The fourth-order valence-corrected chi connectivity index (χ4v) is 3.81. The minimum Gasteiger partial charge on any atom is -0.316 e. The van der Waals surface area contributed by atoms with Gasteiger partial charge in [-0.2, -0.15) is 0 Å². The largest absolute Gasteiger partial charge is 0.316 e. The molecule has 0 aromatic heterocycles. The number of hydrogen-bond acceptors (Lipinski definition) is 3. The van der Waals surface area contributed by atoms with Crippen LogP contribution in [-0.4, -0.2) is 28.1 Å². The second kappa shape index (κ2) is 7.82. The highest BCUT2D eigenvalue weighted by molar-refractivity contribution is 9.10. The Morgan fingerprint density at radius 1 is 1.33 bits per heavy atom. The van der Waals surface area contributed by atoms with E-state index in [0.29, 0.717) is 6.07 Å². The minimum atomic E-state index is -3.98. The van der Waals surface area contributed by atoms with Crippen LogP contribution in [0.4, 0.5) is 8.78 Å². The van der Waals surface area contributed by atoms with E-state index in [0.717, 1.165) is 32.0 Å². The zero-order valence-electron chi connectivity index (χ0n) is 11.0. The highest BCUT2D eigenvalue weighted by atomic mass is 79.9. The van der Waals surface area contributed by atoms with E-state index in [1.54, 1.807) is 0 Å². The molecule has 4 nitrogen and oxygen atoms in total. The first-order valence-corrected chi connectivity index (χ1v) is 8.52. The van der Waals surface area contributed by atoms with E-state index in [-0.39, 0.29) is 29.3 Å². The molecular weight excluding hydrogens is 390 g/mol. The molecule has 1 aromatic rings. The second-order valence-electron chi connectivity index (χ2n) is 4.76. The van der Waals surface area contributed by atoms with Crippen LogP contribution in [0.3, 0.4) is 0 Å². The molecule has 1 fully saturated rings. The summed E-state index contributed by atoms with van der Waals surface area (Å²) < 4.78 is 53.1. The summed E-state index contributed by atoms with van der Waals surface area (Å²) in [4.78, 5) is -0.547. The van der Waals surface area contributed by atoms with Crippen LogP contribution in [-0.2, 0) is 10.0 Å². The molecule has 1 atom stereocenters. The van der Waals surface area contributed by atoms with Crippen LogP contribution >= 0.6 is 28.3 Å². The van der Waals surface area contributed by atoms with Crippen molar-refractivity contribution in [1.82, 2.24) is 10.0 Å². The van der Waals surface area contributed by atoms with Crippen molar-refractivity contribution in [3.63, 3.8) is 0 Å². The summed E-state index contributed by atoms with van der Waals surface area (Å²) in [5.41, 5.74) is 0. The number of halogens is 4. The Bertz CT molecular complexity index is 595. The Balaban J connectivity index is 0.00000220. The van der Waals surface area contributed by atoms with Gasteiger partial charge < -0.3 is 5.32 Å². The van der Waals surface area contributed by atoms with Crippen molar-refractivity contribution in [3.8, 4) is 0 Å². The van der Waals surface area contributed by atoms with E-state index in [2.05, 4.69) is 26.0 Å². The van der Waals surface area contributed by atoms with Crippen molar-refractivity contribution in [3.05, 3.63) is 28.2 Å². The van der Waals surface area contributed by atoms with Gasteiger partial charge >= 0.3 is 0 Å². The maximum absolute atomic E-state index is 13.6. The molecular formula is C12H16BrClF2N2O2S. The molecule has 0 radical (unpaired) electrons. The molecule has 1 saturated heterocycles. The zero-order valence-corrected chi connectivity index (χ0v) is 14.3. The van der Waals surface area contributed by atoms with Gasteiger partial charge in [0.25, 0.3) is 0 Å². The Kier molecular flexibility index (Phi) is 6.99. The third-order valence-electron chi connectivity index (χ3n) is 3.23. The van der Waals surface area contributed by atoms with Gasteiger partial charge in [-0.25, -0.2) is 21.9 Å². The monoisotopic (exact) mass is 404 g/mol. The van der Waals surface area contributed by atoms with E-state index >= 15 is 0 Å². The first-order valence-electron chi connectivity index (χ1n) is 6.25. The van der Waals surface area contributed by atoms with Crippen LogP contribution < -0.4 is 10.0 Å². The second-order valence-corrected chi connectivity index (χ2v) is 7.35. The summed E-state index contributed by atoms with van der Waals surface area (Å²) in [6, 6.07) is 1.49. The van der Waals surface area contributed by atoms with Crippen molar-refractivity contribution < 1.29 is 17.2 Å². The van der Waals surface area contributed by atoms with E-state index in [9.17, 15) is 17.2 Å². The standard InChI is InChI=1S/C12H15BrF2N2O2S.ClH/c13-9-4-12(11(15)5-10(9)14)20(18,19)17-7-8-2-1-3-16-6-8;/h4-5,8,16-17H,1-3,6-7H2;1H. The van der Waals surface area contributed by atoms with E-state index in [1.165, 1.54) is 0 Å². The number of benzene rings is 1. The number of rotatable bonds is 4. The molecule has 120 valence electrons. The lowest BCUT2D eigenvalue weighted by Gasteiger charge is -2.22. The van der Waals surface area contributed by atoms with Gasteiger partial charge in [-0.05, 0) is 53.8 Å². The first-order chi connectivity index (χ1) is 9.40. The first kappa shape index (κ1) is 18.8. The molecule has 1 unspecified atom stereocenters. The summed E-state index contributed by atoms with van der Waals surface area (Å²) in [5, 5.41) is 3.17. The molecule has 1 heterocycles. The highest BCUT2D eigenvalue weighted by Crippen LogP contribution is 2.23. The third-order valence-corrected chi connectivity index (χ3v) is 5.27. The molecule has 9 heteroatoms. The van der Waals surface area contributed by atoms with Crippen LogP contribution in [0.15, 0.2) is 21.5 Å². The molecule has 0 amide bonds. The van der Waals surface area contributed by atoms with Crippen LogP contribution in [0.25, 0.3) is 0 Å². The summed E-state index contributed by atoms with van der Waals surface area (Å²) in [5.74, 6) is -1.75. The van der Waals surface area contributed by atoms with Gasteiger partial charge in [0, 0.05) is 12.6 Å². The van der Waals surface area contributed by atoms with Crippen molar-refractivity contribution in [2.45, 2.75) is 17.7 Å². The van der Waals surface area contributed by atoms with Gasteiger partial charge in [0.05, 0.1) is 4.47 Å². The third kappa shape index (κ3) is 4.85. The van der Waals surface area contributed by atoms with Gasteiger partial charge in [0.15, 0.2) is 0 Å². The number of piperidine rings is 1. The molecule has 0 bridgehead atoms. The van der Waals surface area contributed by atoms with Crippen LogP contribution in [0.1, 0.15) is 12.8 Å². The minimum absolute atomic E-state index is 0. The molecule has 0 aliphatic carbocycles. The van der Waals surface area contributed by atoms with Crippen molar-refractivity contribution in [2.75, 3.05) is 19.6 Å². The quantitative estimate of drug-likeness (QED) is 0.757. The molecule has 0 spiro atoms. The number of sulfonamides is 1. The Morgan fingerprint density at radius 2 is 2.05 bits per heavy atom. The van der Waals surface area contributed by atoms with Gasteiger partial charge in [-0.1, -0.05) is 0 Å². The lowest BCUT2D eigenvalue weighted by Crippen LogP contribution is -2.38. The van der Waals surface area contributed by atoms with E-state index in [1.807, 2.05) is 0 Å². The fraction of sp³-hybridized carbons (Fsp3) is 0.500. The normalized spacial score (nSPS) is 19.1. The van der Waals surface area contributed by atoms with Gasteiger partial charge in [-0.3, -0.25) is 0 Å². The van der Waals surface area contributed by atoms with E-state index < -0.39 is 26.6 Å². The van der Waals surface area contributed by atoms with Gasteiger partial charge in [0.2, 0.25) is 10.0 Å². The lowest BCUT2D eigenvalue weighted by atomic mass is 10.0. The molecule has 21 heavy (non-hydrogen) atoms. The van der Waals surface area contributed by atoms with Crippen LogP contribution in [0.5, 0.6) is 0 Å². The summed E-state index contributed by atoms with van der Waals surface area (Å²) in [6.45, 7) is 1.91. The topological polar surface area (TPSA) is 58.2 Å². The average Bonchev–Trinajstić information content (AvgIpc) is 2.42. The van der Waals surface area contributed by atoms with Crippen LogP contribution in [0, 0.1) is 17.6 Å². The molecule has 1 aromatic carbocycles. The summed E-state index contributed by atoms with van der Waals surface area (Å²) in [7, 11) is -3.98. The van der Waals surface area contributed by atoms with Gasteiger partial charge in [0.1, 0.15) is 16.5 Å². The Morgan fingerprint density at radius 3 is 2.67 bits per heavy atom. The van der Waals surface area contributed by atoms with Crippen molar-refractivity contribution >= 4 is 38.4 Å². The Hall–Kier alpha value is -0.280. The SMILES string of the molecule is Cl.O=S(=O)(NCC1CCCNC1)c1cc(Br)c(F)cc1F. The number of nitrogens with one attached hydrogen (secondary N) is 2. The van der Waals surface area contributed by atoms with Crippen LogP contribution in [0.2, 0.25) is 0 Å². The molecule has 1 aliphatic heterocycles. The Labute approximate surface area is 137 Å². The highest BCUT2D eigenvalue weighted by Gasteiger charge is 2.23. The maximum atomic E-state index is 13.6. The molecule has 2 N–H and O–H groups in total. The lowest BCUT2D eigenvalue weighted by molar-refractivity contribution is 0.375. The molecule has 1 aliphatic rings. The van der Waals surface area contributed by atoms with Gasteiger partial charge in [-0.15, -0.1) is 12.4 Å². The van der Waals surface area contributed by atoms with E-state index in [4.69, 9.17) is 0 Å². The predicted octanol–water partition coefficient (Wildman–Crippen LogP) is 2.43. The van der Waals surface area contributed by atoms with Crippen molar-refractivity contribution in [2.24, 2.45) is 5.92 Å². The smallest absolute Gasteiger partial charge is 0.243 e. The summed E-state index contributed by atoms with van der Waals surface area (Å²) >= 11 is 2.86. The zero-order chi connectivity index (χ0) is 14.8. The average molecular weight is 406 g/mol. The van der Waals surface area contributed by atoms with Crippen molar-refractivity contribution in [1.29, 1.82) is 0 Å². The molecule has 2 rings (SSSR count). The molecule has 0 saturated carbocycles. The summed E-state index contributed by atoms with van der Waals surface area (Å²) in [6.07, 6.45) is 1.91. The number of hydrogen-bond donors (Lipinski definition) is 2. The fourth-order valence-electron chi connectivity index (χ4n) is 2.11.